The van der Waals surface area contributed by atoms with Crippen LogP contribution in [0.4, 0.5) is 4.39 Å². The predicted molar refractivity (Wildman–Crippen MR) is 109 cm³/mol. The van der Waals surface area contributed by atoms with E-state index in [1.165, 1.54) is 36.3 Å². The summed E-state index contributed by atoms with van der Waals surface area (Å²) in [7, 11) is -2.37. The Morgan fingerprint density at radius 1 is 1.23 bits per heavy atom. The molecular weight excluding hydrogens is 413 g/mol. The van der Waals surface area contributed by atoms with Crippen molar-refractivity contribution >= 4 is 16.0 Å². The van der Waals surface area contributed by atoms with E-state index in [-0.39, 0.29) is 29.7 Å². The Kier molecular flexibility index (Phi) is 6.94. The molecule has 1 heterocycles. The van der Waals surface area contributed by atoms with E-state index in [0.29, 0.717) is 18.7 Å². The van der Waals surface area contributed by atoms with Crippen LogP contribution in [0.1, 0.15) is 28.8 Å². The van der Waals surface area contributed by atoms with Crippen molar-refractivity contribution < 1.29 is 31.3 Å². The number of carbonyl (C=O) groups excluding carboxylic acids is 1. The summed E-state index contributed by atoms with van der Waals surface area (Å²) in [6, 6.07) is 10.6. The molecule has 0 N–H and O–H groups in total. The molecule has 1 amide bonds. The van der Waals surface area contributed by atoms with Crippen LogP contribution in [0.25, 0.3) is 0 Å². The van der Waals surface area contributed by atoms with E-state index < -0.39 is 21.8 Å². The molecule has 0 radical (unpaired) electrons. The molecule has 1 saturated heterocycles. The number of ether oxygens (including phenoxy) is 2. The average Bonchev–Trinajstić information content (AvgIpc) is 3.19. The van der Waals surface area contributed by atoms with Crippen LogP contribution in [-0.4, -0.2) is 51.8 Å². The molecule has 2 aromatic carbocycles. The SMILES string of the molecule is COc1ccc(CN(CC2CCCO2)C(=O)c2ccccc2F)cc1OS(C)(=O)=O. The summed E-state index contributed by atoms with van der Waals surface area (Å²) in [4.78, 5) is 14.6. The quantitative estimate of drug-likeness (QED) is 0.591. The van der Waals surface area contributed by atoms with Crippen LogP contribution in [-0.2, 0) is 21.4 Å². The summed E-state index contributed by atoms with van der Waals surface area (Å²) >= 11 is 0. The zero-order valence-electron chi connectivity index (χ0n) is 16.8. The van der Waals surface area contributed by atoms with Gasteiger partial charge < -0.3 is 18.6 Å². The molecule has 2 aromatic rings. The Hall–Kier alpha value is -2.65. The largest absolute Gasteiger partial charge is 0.493 e. The van der Waals surface area contributed by atoms with E-state index in [1.54, 1.807) is 18.2 Å². The van der Waals surface area contributed by atoms with Gasteiger partial charge in [-0.3, -0.25) is 4.79 Å². The van der Waals surface area contributed by atoms with Gasteiger partial charge in [0.25, 0.3) is 5.91 Å². The first-order chi connectivity index (χ1) is 14.3. The minimum absolute atomic E-state index is 0.0212. The van der Waals surface area contributed by atoms with E-state index in [1.807, 2.05) is 0 Å². The zero-order chi connectivity index (χ0) is 21.7. The van der Waals surface area contributed by atoms with Gasteiger partial charge in [0, 0.05) is 19.7 Å². The van der Waals surface area contributed by atoms with Crippen molar-refractivity contribution in [1.82, 2.24) is 4.90 Å². The van der Waals surface area contributed by atoms with Gasteiger partial charge in [-0.25, -0.2) is 4.39 Å². The van der Waals surface area contributed by atoms with E-state index >= 15 is 0 Å². The van der Waals surface area contributed by atoms with Crippen molar-refractivity contribution in [2.45, 2.75) is 25.5 Å². The lowest BCUT2D eigenvalue weighted by molar-refractivity contribution is 0.0503. The number of benzene rings is 2. The van der Waals surface area contributed by atoms with Crippen LogP contribution in [0, 0.1) is 5.82 Å². The highest BCUT2D eigenvalue weighted by atomic mass is 32.2. The van der Waals surface area contributed by atoms with Crippen molar-refractivity contribution in [1.29, 1.82) is 0 Å². The standard InChI is InChI=1S/C21H24FNO6S/c1-27-19-10-9-15(12-20(19)29-30(2,25)26)13-23(14-16-6-5-11-28-16)21(24)17-7-3-4-8-18(17)22/h3-4,7-10,12,16H,5-6,11,13-14H2,1-2H3. The highest BCUT2D eigenvalue weighted by Crippen LogP contribution is 2.30. The van der Waals surface area contributed by atoms with Crippen molar-refractivity contribution in [2.24, 2.45) is 0 Å². The van der Waals surface area contributed by atoms with Gasteiger partial charge in [0.1, 0.15) is 5.82 Å². The number of hydrogen-bond donors (Lipinski definition) is 0. The van der Waals surface area contributed by atoms with Crippen LogP contribution in [0.3, 0.4) is 0 Å². The van der Waals surface area contributed by atoms with E-state index in [2.05, 4.69) is 0 Å². The van der Waals surface area contributed by atoms with Crippen LogP contribution in [0.15, 0.2) is 42.5 Å². The predicted octanol–water partition coefficient (Wildman–Crippen LogP) is 2.99. The van der Waals surface area contributed by atoms with Gasteiger partial charge in [0.15, 0.2) is 11.5 Å². The normalized spacial score (nSPS) is 16.3. The molecule has 0 spiro atoms. The molecule has 3 rings (SSSR count). The fourth-order valence-corrected chi connectivity index (χ4v) is 3.78. The molecule has 1 atom stereocenters. The summed E-state index contributed by atoms with van der Waals surface area (Å²) < 4.78 is 53.2. The van der Waals surface area contributed by atoms with Crippen LogP contribution in [0.5, 0.6) is 11.5 Å². The van der Waals surface area contributed by atoms with Gasteiger partial charge in [-0.15, -0.1) is 0 Å². The lowest BCUT2D eigenvalue weighted by atomic mass is 10.1. The maximum atomic E-state index is 14.2. The highest BCUT2D eigenvalue weighted by Gasteiger charge is 2.25. The summed E-state index contributed by atoms with van der Waals surface area (Å²) in [5, 5.41) is 0. The first kappa shape index (κ1) is 22.0. The fraction of sp³-hybridized carbons (Fsp3) is 0.381. The first-order valence-electron chi connectivity index (χ1n) is 9.48. The maximum absolute atomic E-state index is 14.2. The van der Waals surface area contributed by atoms with Crippen LogP contribution >= 0.6 is 0 Å². The van der Waals surface area contributed by atoms with Crippen molar-refractivity contribution in [3.63, 3.8) is 0 Å². The molecule has 9 heteroatoms. The van der Waals surface area contributed by atoms with Gasteiger partial charge in [0.05, 0.1) is 25.0 Å². The summed E-state index contributed by atoms with van der Waals surface area (Å²) in [6.07, 6.45) is 2.52. The smallest absolute Gasteiger partial charge is 0.306 e. The highest BCUT2D eigenvalue weighted by molar-refractivity contribution is 7.86. The van der Waals surface area contributed by atoms with Gasteiger partial charge in [-0.05, 0) is 42.7 Å². The van der Waals surface area contributed by atoms with Gasteiger partial charge in [-0.1, -0.05) is 18.2 Å². The Morgan fingerprint density at radius 2 is 2.00 bits per heavy atom. The Labute approximate surface area is 175 Å². The van der Waals surface area contributed by atoms with Gasteiger partial charge in [0.2, 0.25) is 0 Å². The molecule has 162 valence electrons. The number of nitrogens with zero attached hydrogens (tertiary/aromatic N) is 1. The third-order valence-electron chi connectivity index (χ3n) is 4.68. The minimum atomic E-state index is -3.77. The average molecular weight is 437 g/mol. The number of rotatable bonds is 8. The molecule has 0 aromatic heterocycles. The molecule has 1 fully saturated rings. The lowest BCUT2D eigenvalue weighted by Gasteiger charge is -2.26. The molecule has 1 unspecified atom stereocenters. The number of methoxy groups -OCH3 is 1. The van der Waals surface area contributed by atoms with Crippen LogP contribution < -0.4 is 8.92 Å². The van der Waals surface area contributed by atoms with Gasteiger partial charge in [-0.2, -0.15) is 8.42 Å². The number of carbonyl (C=O) groups is 1. The second-order valence-electron chi connectivity index (χ2n) is 7.07. The van der Waals surface area contributed by atoms with E-state index in [4.69, 9.17) is 13.7 Å². The molecule has 0 aliphatic carbocycles. The number of amides is 1. The number of hydrogen-bond acceptors (Lipinski definition) is 6. The Balaban J connectivity index is 1.89. The zero-order valence-corrected chi connectivity index (χ0v) is 17.7. The molecule has 1 aliphatic heterocycles. The maximum Gasteiger partial charge on any atom is 0.306 e. The van der Waals surface area contributed by atoms with Gasteiger partial charge >= 0.3 is 10.1 Å². The van der Waals surface area contributed by atoms with Crippen molar-refractivity contribution in [2.75, 3.05) is 26.5 Å². The second kappa shape index (κ2) is 9.44. The minimum Gasteiger partial charge on any atom is -0.493 e. The summed E-state index contributed by atoms with van der Waals surface area (Å²) in [5.41, 5.74) is 0.578. The Morgan fingerprint density at radius 3 is 2.63 bits per heavy atom. The molecule has 0 saturated carbocycles. The number of halogens is 1. The first-order valence-corrected chi connectivity index (χ1v) is 11.3. The van der Waals surface area contributed by atoms with Crippen molar-refractivity contribution in [3.8, 4) is 11.5 Å². The molecule has 1 aliphatic rings. The fourth-order valence-electron chi connectivity index (χ4n) is 3.33. The molecular formula is C21H24FNO6S. The Bertz CT molecular complexity index is 1000. The lowest BCUT2D eigenvalue weighted by Crippen LogP contribution is -2.37. The van der Waals surface area contributed by atoms with E-state index in [0.717, 1.165) is 19.1 Å². The third-order valence-corrected chi connectivity index (χ3v) is 5.16. The topological polar surface area (TPSA) is 82.1 Å². The monoisotopic (exact) mass is 437 g/mol. The second-order valence-corrected chi connectivity index (χ2v) is 8.65. The molecule has 0 bridgehead atoms. The summed E-state index contributed by atoms with van der Waals surface area (Å²) in [6.45, 7) is 1.04. The van der Waals surface area contributed by atoms with Crippen molar-refractivity contribution in [3.05, 3.63) is 59.4 Å². The molecule has 30 heavy (non-hydrogen) atoms. The third kappa shape index (κ3) is 5.70. The molecule has 7 nitrogen and oxygen atoms in total. The summed E-state index contributed by atoms with van der Waals surface area (Å²) in [5.74, 6) is -0.802. The van der Waals surface area contributed by atoms with E-state index in [9.17, 15) is 17.6 Å². The van der Waals surface area contributed by atoms with Crippen LogP contribution in [0.2, 0.25) is 0 Å².